The number of nitrogens with zero attached hydrogens (tertiary/aromatic N) is 1. The van der Waals surface area contributed by atoms with Gasteiger partial charge in [-0.3, -0.25) is 14.4 Å². The Morgan fingerprint density at radius 1 is 1.19 bits per heavy atom. The summed E-state index contributed by atoms with van der Waals surface area (Å²) in [5.41, 5.74) is 7.39. The first-order valence-electron chi connectivity index (χ1n) is 8.33. The standard InChI is InChI=1S/C19H23N3O4S/c1-12-13(2)27-19(17(12)18(20)25)21-15(23)10-22(16(24)11-26-3)9-14-7-5-4-6-8-14/h4-8H,9-11H2,1-3H3,(H2,20,25)(H,21,23). The Bertz CT molecular complexity index is 833. The number of hydrogen-bond acceptors (Lipinski definition) is 5. The smallest absolute Gasteiger partial charge is 0.251 e. The molecule has 2 rings (SSSR count). The second kappa shape index (κ2) is 9.29. The number of carbonyl (C=O) groups excluding carboxylic acids is 3. The predicted molar refractivity (Wildman–Crippen MR) is 105 cm³/mol. The number of nitrogens with two attached hydrogens (primary N) is 1. The molecule has 27 heavy (non-hydrogen) atoms. The van der Waals surface area contributed by atoms with Crippen LogP contribution < -0.4 is 11.1 Å². The number of ether oxygens (including phenoxy) is 1. The van der Waals surface area contributed by atoms with Crippen molar-refractivity contribution in [2.24, 2.45) is 5.73 Å². The van der Waals surface area contributed by atoms with Crippen LogP contribution >= 0.6 is 11.3 Å². The van der Waals surface area contributed by atoms with E-state index in [4.69, 9.17) is 10.5 Å². The van der Waals surface area contributed by atoms with E-state index in [1.807, 2.05) is 37.3 Å². The molecule has 144 valence electrons. The third-order valence-electron chi connectivity index (χ3n) is 4.06. The van der Waals surface area contributed by atoms with E-state index in [-0.39, 0.29) is 25.6 Å². The molecule has 1 heterocycles. The number of thiophene rings is 1. The van der Waals surface area contributed by atoms with Crippen LogP contribution in [-0.4, -0.2) is 42.9 Å². The maximum Gasteiger partial charge on any atom is 0.251 e. The van der Waals surface area contributed by atoms with Crippen molar-refractivity contribution in [1.29, 1.82) is 0 Å². The third kappa shape index (κ3) is 5.38. The molecule has 0 aliphatic rings. The number of carbonyl (C=O) groups is 3. The summed E-state index contributed by atoms with van der Waals surface area (Å²) in [6.45, 7) is 3.63. The summed E-state index contributed by atoms with van der Waals surface area (Å²) in [7, 11) is 1.43. The molecule has 0 aliphatic heterocycles. The largest absolute Gasteiger partial charge is 0.375 e. The second-order valence-corrected chi connectivity index (χ2v) is 7.29. The van der Waals surface area contributed by atoms with Gasteiger partial charge in [0, 0.05) is 18.5 Å². The fourth-order valence-electron chi connectivity index (χ4n) is 2.60. The first kappa shape index (κ1) is 20.6. The van der Waals surface area contributed by atoms with Gasteiger partial charge in [-0.2, -0.15) is 0 Å². The van der Waals surface area contributed by atoms with E-state index in [0.29, 0.717) is 10.6 Å². The highest BCUT2D eigenvalue weighted by Gasteiger charge is 2.22. The van der Waals surface area contributed by atoms with Crippen LogP contribution in [0.5, 0.6) is 0 Å². The molecule has 0 saturated heterocycles. The minimum atomic E-state index is -0.594. The summed E-state index contributed by atoms with van der Waals surface area (Å²) in [6, 6.07) is 9.37. The molecule has 8 heteroatoms. The Morgan fingerprint density at radius 3 is 2.44 bits per heavy atom. The van der Waals surface area contributed by atoms with Gasteiger partial charge in [0.1, 0.15) is 18.2 Å². The molecule has 0 atom stereocenters. The topological polar surface area (TPSA) is 102 Å². The predicted octanol–water partition coefficient (Wildman–Crippen LogP) is 2.08. The molecule has 1 aromatic heterocycles. The number of primary amides is 1. The maximum absolute atomic E-state index is 12.5. The Labute approximate surface area is 162 Å². The lowest BCUT2D eigenvalue weighted by molar-refractivity contribution is -0.138. The van der Waals surface area contributed by atoms with Gasteiger partial charge in [-0.05, 0) is 25.0 Å². The van der Waals surface area contributed by atoms with Crippen LogP contribution in [0.3, 0.4) is 0 Å². The molecule has 0 spiro atoms. The van der Waals surface area contributed by atoms with Crippen molar-refractivity contribution in [3.63, 3.8) is 0 Å². The number of rotatable bonds is 8. The minimum Gasteiger partial charge on any atom is -0.375 e. The molecule has 2 aromatic rings. The highest BCUT2D eigenvalue weighted by molar-refractivity contribution is 7.16. The van der Waals surface area contributed by atoms with Gasteiger partial charge in [0.2, 0.25) is 11.8 Å². The van der Waals surface area contributed by atoms with Crippen molar-refractivity contribution in [1.82, 2.24) is 4.90 Å². The van der Waals surface area contributed by atoms with Crippen LogP contribution in [0.1, 0.15) is 26.4 Å². The van der Waals surface area contributed by atoms with Crippen LogP contribution in [0, 0.1) is 13.8 Å². The van der Waals surface area contributed by atoms with Gasteiger partial charge in [0.15, 0.2) is 0 Å². The molecule has 0 aliphatic carbocycles. The van der Waals surface area contributed by atoms with Crippen LogP contribution in [0.15, 0.2) is 30.3 Å². The zero-order valence-electron chi connectivity index (χ0n) is 15.6. The highest BCUT2D eigenvalue weighted by atomic mass is 32.1. The molecule has 0 unspecified atom stereocenters. The average molecular weight is 389 g/mol. The molecule has 7 nitrogen and oxygen atoms in total. The van der Waals surface area contributed by atoms with E-state index in [2.05, 4.69) is 5.32 Å². The molecule has 3 amide bonds. The van der Waals surface area contributed by atoms with Gasteiger partial charge in [0.25, 0.3) is 5.91 Å². The van der Waals surface area contributed by atoms with E-state index in [1.54, 1.807) is 6.92 Å². The van der Waals surface area contributed by atoms with E-state index < -0.39 is 11.8 Å². The number of hydrogen-bond donors (Lipinski definition) is 2. The van der Waals surface area contributed by atoms with Gasteiger partial charge in [-0.1, -0.05) is 30.3 Å². The Hall–Kier alpha value is -2.71. The van der Waals surface area contributed by atoms with Crippen LogP contribution in [0.2, 0.25) is 0 Å². The normalized spacial score (nSPS) is 10.5. The SMILES string of the molecule is COCC(=O)N(CC(=O)Nc1sc(C)c(C)c1C(N)=O)Cc1ccccc1. The summed E-state index contributed by atoms with van der Waals surface area (Å²) in [4.78, 5) is 38.8. The average Bonchev–Trinajstić information content (AvgIpc) is 2.89. The molecule has 0 saturated carbocycles. The fraction of sp³-hybridized carbons (Fsp3) is 0.316. The van der Waals surface area contributed by atoms with Gasteiger partial charge >= 0.3 is 0 Å². The Kier molecular flexibility index (Phi) is 7.09. The lowest BCUT2D eigenvalue weighted by Crippen LogP contribution is -2.39. The van der Waals surface area contributed by atoms with Crippen LogP contribution in [0.4, 0.5) is 5.00 Å². The zero-order valence-corrected chi connectivity index (χ0v) is 16.4. The first-order valence-corrected chi connectivity index (χ1v) is 9.15. The molecule has 0 fully saturated rings. The molecule has 0 bridgehead atoms. The molecule has 1 aromatic carbocycles. The summed E-state index contributed by atoms with van der Waals surface area (Å²) >= 11 is 1.29. The number of methoxy groups -OCH3 is 1. The first-order chi connectivity index (χ1) is 12.8. The summed E-state index contributed by atoms with van der Waals surface area (Å²) in [6.07, 6.45) is 0. The van der Waals surface area contributed by atoms with Crippen LogP contribution in [-0.2, 0) is 20.9 Å². The number of amides is 3. The number of benzene rings is 1. The summed E-state index contributed by atoms with van der Waals surface area (Å²) in [5.74, 6) is -1.30. The number of anilines is 1. The molecule has 0 radical (unpaired) electrons. The van der Waals surface area contributed by atoms with Crippen molar-refractivity contribution in [2.75, 3.05) is 25.6 Å². The van der Waals surface area contributed by atoms with E-state index in [1.165, 1.54) is 23.3 Å². The van der Waals surface area contributed by atoms with E-state index >= 15 is 0 Å². The van der Waals surface area contributed by atoms with Crippen molar-refractivity contribution in [3.8, 4) is 0 Å². The Morgan fingerprint density at radius 2 is 1.85 bits per heavy atom. The van der Waals surface area contributed by atoms with Gasteiger partial charge in [0.05, 0.1) is 5.56 Å². The lowest BCUT2D eigenvalue weighted by atomic mass is 10.1. The lowest BCUT2D eigenvalue weighted by Gasteiger charge is -2.22. The third-order valence-corrected chi connectivity index (χ3v) is 5.18. The van der Waals surface area contributed by atoms with Gasteiger partial charge in [-0.25, -0.2) is 0 Å². The maximum atomic E-state index is 12.5. The number of nitrogens with one attached hydrogen (secondary N) is 1. The van der Waals surface area contributed by atoms with Crippen molar-refractivity contribution in [2.45, 2.75) is 20.4 Å². The highest BCUT2D eigenvalue weighted by Crippen LogP contribution is 2.31. The summed E-state index contributed by atoms with van der Waals surface area (Å²) in [5, 5.41) is 3.11. The monoisotopic (exact) mass is 389 g/mol. The van der Waals surface area contributed by atoms with Gasteiger partial charge in [-0.15, -0.1) is 11.3 Å². The summed E-state index contributed by atoms with van der Waals surface area (Å²) < 4.78 is 4.91. The Balaban J connectivity index is 2.15. The fourth-order valence-corrected chi connectivity index (χ4v) is 3.68. The van der Waals surface area contributed by atoms with Crippen molar-refractivity contribution < 1.29 is 19.1 Å². The quantitative estimate of drug-likeness (QED) is 0.722. The molecular formula is C19H23N3O4S. The zero-order chi connectivity index (χ0) is 20.0. The van der Waals surface area contributed by atoms with Crippen LogP contribution in [0.25, 0.3) is 0 Å². The van der Waals surface area contributed by atoms with Gasteiger partial charge < -0.3 is 20.7 Å². The van der Waals surface area contributed by atoms with E-state index in [9.17, 15) is 14.4 Å². The van der Waals surface area contributed by atoms with Crippen molar-refractivity contribution in [3.05, 3.63) is 51.9 Å². The van der Waals surface area contributed by atoms with E-state index in [0.717, 1.165) is 16.0 Å². The second-order valence-electron chi connectivity index (χ2n) is 6.07. The van der Waals surface area contributed by atoms with Crippen molar-refractivity contribution >= 4 is 34.1 Å². The molecule has 3 N–H and O–H groups in total. The molecular weight excluding hydrogens is 366 g/mol. The minimum absolute atomic E-state index is 0.121. The number of aryl methyl sites for hydroxylation is 1.